The molecule has 0 radical (unpaired) electrons. The van der Waals surface area contributed by atoms with Crippen molar-refractivity contribution in [2.45, 2.75) is 26.2 Å². The van der Waals surface area contributed by atoms with E-state index in [-0.39, 0.29) is 17.9 Å². The predicted octanol–water partition coefficient (Wildman–Crippen LogP) is 4.38. The van der Waals surface area contributed by atoms with E-state index >= 15 is 0 Å². The van der Waals surface area contributed by atoms with Crippen LogP contribution in [0.25, 0.3) is 0 Å². The minimum absolute atomic E-state index is 0.0721. The van der Waals surface area contributed by atoms with E-state index in [1.165, 1.54) is 0 Å². The van der Waals surface area contributed by atoms with Gasteiger partial charge in [-0.15, -0.1) is 0 Å². The fourth-order valence-electron chi connectivity index (χ4n) is 2.16. The van der Waals surface area contributed by atoms with Crippen molar-refractivity contribution < 1.29 is 14.4 Å². The van der Waals surface area contributed by atoms with Gasteiger partial charge in [0, 0.05) is 10.6 Å². The summed E-state index contributed by atoms with van der Waals surface area (Å²) in [5, 5.41) is 0.572. The van der Waals surface area contributed by atoms with Gasteiger partial charge in [-0.2, -0.15) is 0 Å². The van der Waals surface area contributed by atoms with E-state index in [1.54, 1.807) is 12.1 Å². The second kappa shape index (κ2) is 8.18. The van der Waals surface area contributed by atoms with Crippen LogP contribution in [0.5, 0.6) is 5.75 Å². The van der Waals surface area contributed by atoms with Crippen LogP contribution in [0.2, 0.25) is 5.02 Å². The van der Waals surface area contributed by atoms with Gasteiger partial charge in [-0.1, -0.05) is 56.6 Å². The normalized spacial score (nSPS) is 11.2. The molecule has 0 aliphatic heterocycles. The second-order valence-electron chi connectivity index (χ2n) is 6.39. The Balaban J connectivity index is 1.79. The Hall–Kier alpha value is -2.04. The van der Waals surface area contributed by atoms with Crippen molar-refractivity contribution in [3.05, 3.63) is 64.7 Å². The highest BCUT2D eigenvalue weighted by molar-refractivity contribution is 6.31. The molecule has 4 nitrogen and oxygen atoms in total. The van der Waals surface area contributed by atoms with Crippen molar-refractivity contribution in [3.63, 3.8) is 0 Å². The van der Waals surface area contributed by atoms with Crippen molar-refractivity contribution in [2.24, 2.45) is 0 Å². The Labute approximate surface area is 147 Å². The summed E-state index contributed by atoms with van der Waals surface area (Å²) in [5.41, 5.74) is 3.77. The van der Waals surface area contributed by atoms with Gasteiger partial charge in [0.15, 0.2) is 0 Å². The zero-order valence-corrected chi connectivity index (χ0v) is 14.9. The summed E-state index contributed by atoms with van der Waals surface area (Å²) in [6.07, 6.45) is 0. The van der Waals surface area contributed by atoms with E-state index in [4.69, 9.17) is 21.2 Å². The number of hydrogen-bond donors (Lipinski definition) is 1. The number of amides is 1. The summed E-state index contributed by atoms with van der Waals surface area (Å²) >= 11 is 6.27. The van der Waals surface area contributed by atoms with E-state index in [2.05, 4.69) is 26.3 Å². The minimum atomic E-state index is -0.336. The molecule has 0 spiro atoms. The Morgan fingerprint density at radius 1 is 1.08 bits per heavy atom. The molecule has 128 valence electrons. The molecule has 0 fully saturated rings. The largest absolute Gasteiger partial charge is 0.491 e. The third kappa shape index (κ3) is 5.25. The van der Waals surface area contributed by atoms with Crippen molar-refractivity contribution in [1.82, 2.24) is 5.48 Å². The molecule has 0 unspecified atom stereocenters. The number of hydrogen-bond acceptors (Lipinski definition) is 3. The molecule has 1 amide bonds. The predicted molar refractivity (Wildman–Crippen MR) is 95.5 cm³/mol. The molecule has 2 aromatic carbocycles. The number of nitrogens with one attached hydrogen (secondary N) is 1. The van der Waals surface area contributed by atoms with E-state index in [9.17, 15) is 4.79 Å². The van der Waals surface area contributed by atoms with E-state index in [1.807, 2.05) is 36.4 Å². The Morgan fingerprint density at radius 2 is 1.79 bits per heavy atom. The van der Waals surface area contributed by atoms with Gasteiger partial charge in [0.05, 0.1) is 0 Å². The maximum atomic E-state index is 12.1. The maximum Gasteiger partial charge on any atom is 0.274 e. The van der Waals surface area contributed by atoms with Crippen LogP contribution in [0.1, 0.15) is 36.7 Å². The second-order valence-corrected chi connectivity index (χ2v) is 6.79. The van der Waals surface area contributed by atoms with Crippen LogP contribution in [0.4, 0.5) is 0 Å². The molecule has 0 saturated carbocycles. The SMILES string of the molecule is CC(C)(C)c1ccc(C(=O)NOCCOc2ccccc2)cc1Cl. The van der Waals surface area contributed by atoms with Gasteiger partial charge in [-0.25, -0.2) is 5.48 Å². The van der Waals surface area contributed by atoms with Gasteiger partial charge in [0.2, 0.25) is 0 Å². The number of benzene rings is 2. The van der Waals surface area contributed by atoms with Gasteiger partial charge in [0.1, 0.15) is 19.0 Å². The van der Waals surface area contributed by atoms with Crippen LogP contribution in [0, 0.1) is 0 Å². The molecule has 2 rings (SSSR count). The van der Waals surface area contributed by atoms with E-state index < -0.39 is 0 Å². The van der Waals surface area contributed by atoms with E-state index in [0.29, 0.717) is 17.2 Å². The molecule has 0 bridgehead atoms. The summed E-state index contributed by atoms with van der Waals surface area (Å²) in [6, 6.07) is 14.7. The zero-order valence-electron chi connectivity index (χ0n) is 14.1. The van der Waals surface area contributed by atoms with Gasteiger partial charge >= 0.3 is 0 Å². The highest BCUT2D eigenvalue weighted by Gasteiger charge is 2.18. The molecule has 5 heteroatoms. The molecule has 1 N–H and O–H groups in total. The number of carbonyl (C=O) groups is 1. The Bertz CT molecular complexity index is 681. The van der Waals surface area contributed by atoms with Crippen LogP contribution < -0.4 is 10.2 Å². The molecule has 0 heterocycles. The number of hydroxylamine groups is 1. The lowest BCUT2D eigenvalue weighted by Gasteiger charge is -2.20. The third-order valence-electron chi connectivity index (χ3n) is 3.40. The number of carbonyl (C=O) groups excluding carboxylic acids is 1. The fourth-order valence-corrected chi connectivity index (χ4v) is 2.62. The topological polar surface area (TPSA) is 47.6 Å². The summed E-state index contributed by atoms with van der Waals surface area (Å²) in [4.78, 5) is 17.2. The average Bonchev–Trinajstić information content (AvgIpc) is 2.54. The van der Waals surface area contributed by atoms with Gasteiger partial charge < -0.3 is 4.74 Å². The highest BCUT2D eigenvalue weighted by Crippen LogP contribution is 2.29. The molecular formula is C19H22ClNO3. The fraction of sp³-hybridized carbons (Fsp3) is 0.316. The van der Waals surface area contributed by atoms with E-state index in [0.717, 1.165) is 11.3 Å². The first-order valence-corrected chi connectivity index (χ1v) is 8.16. The van der Waals surface area contributed by atoms with Crippen LogP contribution in [0.15, 0.2) is 48.5 Å². The number of ether oxygens (including phenoxy) is 1. The van der Waals surface area contributed by atoms with Crippen molar-refractivity contribution in [2.75, 3.05) is 13.2 Å². The lowest BCUT2D eigenvalue weighted by Crippen LogP contribution is -2.26. The zero-order chi connectivity index (χ0) is 17.6. The first-order chi connectivity index (χ1) is 11.4. The summed E-state index contributed by atoms with van der Waals surface area (Å²) in [5.74, 6) is 0.425. The number of para-hydroxylation sites is 1. The Kier molecular flexibility index (Phi) is 6.23. The van der Waals surface area contributed by atoms with Crippen molar-refractivity contribution in [1.29, 1.82) is 0 Å². The molecule has 0 aromatic heterocycles. The minimum Gasteiger partial charge on any atom is -0.491 e. The maximum absolute atomic E-state index is 12.1. The molecule has 0 aliphatic carbocycles. The van der Waals surface area contributed by atoms with Crippen LogP contribution in [-0.4, -0.2) is 19.1 Å². The van der Waals surface area contributed by atoms with Crippen molar-refractivity contribution in [3.8, 4) is 5.75 Å². The molecular weight excluding hydrogens is 326 g/mol. The monoisotopic (exact) mass is 347 g/mol. The smallest absolute Gasteiger partial charge is 0.274 e. The van der Waals surface area contributed by atoms with Gasteiger partial charge in [0.25, 0.3) is 5.91 Å². The first kappa shape index (κ1) is 18.3. The Morgan fingerprint density at radius 3 is 2.42 bits per heavy atom. The average molecular weight is 348 g/mol. The molecule has 0 aliphatic rings. The van der Waals surface area contributed by atoms with Crippen molar-refractivity contribution >= 4 is 17.5 Å². The molecule has 0 saturated heterocycles. The standard InChI is InChI=1S/C19H22ClNO3/c1-19(2,3)16-10-9-14(13-17(16)20)18(22)21-24-12-11-23-15-7-5-4-6-8-15/h4-10,13H,11-12H2,1-3H3,(H,21,22). The summed E-state index contributed by atoms with van der Waals surface area (Å²) in [7, 11) is 0. The van der Waals surface area contributed by atoms with Crippen LogP contribution in [0.3, 0.4) is 0 Å². The quantitative estimate of drug-likeness (QED) is 0.623. The van der Waals surface area contributed by atoms with Gasteiger partial charge in [-0.3, -0.25) is 9.63 Å². The summed E-state index contributed by atoms with van der Waals surface area (Å²) in [6.45, 7) is 6.81. The molecule has 2 aromatic rings. The molecule has 24 heavy (non-hydrogen) atoms. The lowest BCUT2D eigenvalue weighted by molar-refractivity contribution is 0.0200. The summed E-state index contributed by atoms with van der Waals surface area (Å²) < 4.78 is 5.47. The highest BCUT2D eigenvalue weighted by atomic mass is 35.5. The number of rotatable bonds is 6. The molecule has 0 atom stereocenters. The van der Waals surface area contributed by atoms with Gasteiger partial charge in [-0.05, 0) is 35.2 Å². The third-order valence-corrected chi connectivity index (χ3v) is 3.71. The first-order valence-electron chi connectivity index (χ1n) is 7.78. The van der Waals surface area contributed by atoms with Crippen LogP contribution in [-0.2, 0) is 10.3 Å². The lowest BCUT2D eigenvalue weighted by atomic mass is 9.86. The van der Waals surface area contributed by atoms with Crippen LogP contribution >= 0.6 is 11.6 Å². The number of halogens is 1.